The Morgan fingerprint density at radius 2 is 2.00 bits per heavy atom. The summed E-state index contributed by atoms with van der Waals surface area (Å²) in [6.45, 7) is 6.25. The maximum Gasteiger partial charge on any atom is 0.246 e. The fourth-order valence-corrected chi connectivity index (χ4v) is 3.95. The molecule has 1 heterocycles. The number of unbranched alkanes of at least 4 members (excludes halogenated alkanes) is 1. The zero-order chi connectivity index (χ0) is 13.8. The van der Waals surface area contributed by atoms with Crippen LogP contribution in [-0.4, -0.2) is 41.9 Å². The first-order valence-electron chi connectivity index (χ1n) is 6.02. The summed E-state index contributed by atoms with van der Waals surface area (Å²) in [4.78, 5) is 0.281. The second kappa shape index (κ2) is 6.54. The maximum atomic E-state index is 12.5. The van der Waals surface area contributed by atoms with E-state index in [2.05, 4.69) is 10.2 Å². The lowest BCUT2D eigenvalue weighted by molar-refractivity contribution is 0.420. The van der Waals surface area contributed by atoms with Gasteiger partial charge in [-0.25, -0.2) is 8.42 Å². The summed E-state index contributed by atoms with van der Waals surface area (Å²) in [7, 11) is -3.50. The molecule has 0 aliphatic heterocycles. The molecule has 1 aromatic heterocycles. The van der Waals surface area contributed by atoms with Gasteiger partial charge in [0.05, 0.1) is 11.4 Å². The van der Waals surface area contributed by atoms with Crippen molar-refractivity contribution >= 4 is 21.6 Å². The first-order valence-corrected chi connectivity index (χ1v) is 8.00. The first kappa shape index (κ1) is 15.5. The molecule has 5 nitrogen and oxygen atoms in total. The number of rotatable bonds is 7. The van der Waals surface area contributed by atoms with Crippen molar-refractivity contribution in [1.82, 2.24) is 14.5 Å². The van der Waals surface area contributed by atoms with E-state index >= 15 is 0 Å². The third-order valence-electron chi connectivity index (χ3n) is 2.75. The summed E-state index contributed by atoms with van der Waals surface area (Å²) in [5.74, 6) is 0.291. The van der Waals surface area contributed by atoms with Crippen molar-refractivity contribution in [3.8, 4) is 0 Å². The minimum Gasteiger partial charge on any atom is -0.281 e. The summed E-state index contributed by atoms with van der Waals surface area (Å²) < 4.78 is 26.5. The molecule has 1 rings (SSSR count). The zero-order valence-electron chi connectivity index (χ0n) is 11.0. The van der Waals surface area contributed by atoms with Crippen molar-refractivity contribution in [1.29, 1.82) is 0 Å². The SMILES string of the molecule is CCCCN(CCCl)S(=O)(=O)c1c(C)n[nH]c1C. The molecule has 18 heavy (non-hydrogen) atoms. The highest BCUT2D eigenvalue weighted by Crippen LogP contribution is 2.21. The molecule has 0 saturated carbocycles. The smallest absolute Gasteiger partial charge is 0.246 e. The number of nitrogens with one attached hydrogen (secondary N) is 1. The number of sulfonamides is 1. The van der Waals surface area contributed by atoms with Crippen molar-refractivity contribution in [3.63, 3.8) is 0 Å². The average Bonchev–Trinajstić information content (AvgIpc) is 2.64. The predicted molar refractivity (Wildman–Crippen MR) is 72.4 cm³/mol. The average molecular weight is 294 g/mol. The highest BCUT2D eigenvalue weighted by atomic mass is 35.5. The number of hydrogen-bond donors (Lipinski definition) is 1. The van der Waals surface area contributed by atoms with Gasteiger partial charge in [-0.3, -0.25) is 5.10 Å². The number of halogens is 1. The van der Waals surface area contributed by atoms with Crippen LogP contribution in [0.4, 0.5) is 0 Å². The molecule has 7 heteroatoms. The van der Waals surface area contributed by atoms with Crippen LogP contribution in [0.25, 0.3) is 0 Å². The topological polar surface area (TPSA) is 66.1 Å². The van der Waals surface area contributed by atoms with Crippen LogP contribution in [0.3, 0.4) is 0 Å². The van der Waals surface area contributed by atoms with Crippen LogP contribution in [0.5, 0.6) is 0 Å². The second-order valence-electron chi connectivity index (χ2n) is 4.21. The number of alkyl halides is 1. The highest BCUT2D eigenvalue weighted by Gasteiger charge is 2.28. The molecule has 0 fully saturated rings. The van der Waals surface area contributed by atoms with Gasteiger partial charge in [-0.1, -0.05) is 13.3 Å². The first-order chi connectivity index (χ1) is 8.45. The van der Waals surface area contributed by atoms with E-state index in [0.717, 1.165) is 12.8 Å². The Morgan fingerprint density at radius 3 is 2.44 bits per heavy atom. The van der Waals surface area contributed by atoms with Crippen molar-refractivity contribution in [2.75, 3.05) is 19.0 Å². The lowest BCUT2D eigenvalue weighted by Crippen LogP contribution is -2.34. The molecule has 0 aliphatic carbocycles. The quantitative estimate of drug-likeness (QED) is 0.783. The number of aromatic amines is 1. The van der Waals surface area contributed by atoms with Crippen LogP contribution in [0.15, 0.2) is 4.90 Å². The van der Waals surface area contributed by atoms with Crippen LogP contribution in [0, 0.1) is 13.8 Å². The monoisotopic (exact) mass is 293 g/mol. The van der Waals surface area contributed by atoms with Gasteiger partial charge in [-0.2, -0.15) is 9.40 Å². The molecule has 1 N–H and O–H groups in total. The molecule has 0 unspecified atom stereocenters. The molecule has 0 radical (unpaired) electrons. The number of aromatic nitrogens is 2. The van der Waals surface area contributed by atoms with Crippen molar-refractivity contribution < 1.29 is 8.42 Å². The molecule has 0 amide bonds. The number of H-pyrrole nitrogens is 1. The minimum atomic E-state index is -3.50. The minimum absolute atomic E-state index is 0.281. The summed E-state index contributed by atoms with van der Waals surface area (Å²) in [5, 5.41) is 6.65. The van der Waals surface area contributed by atoms with Gasteiger partial charge in [0.2, 0.25) is 10.0 Å². The van der Waals surface area contributed by atoms with Gasteiger partial charge in [0.25, 0.3) is 0 Å². The van der Waals surface area contributed by atoms with Gasteiger partial charge >= 0.3 is 0 Å². The highest BCUT2D eigenvalue weighted by molar-refractivity contribution is 7.89. The van der Waals surface area contributed by atoms with E-state index in [1.807, 2.05) is 6.92 Å². The van der Waals surface area contributed by atoms with E-state index in [9.17, 15) is 8.42 Å². The molecule has 0 bridgehead atoms. The Morgan fingerprint density at radius 1 is 1.33 bits per heavy atom. The molecule has 0 aromatic carbocycles. The Bertz CT molecular complexity index is 465. The summed E-state index contributed by atoms with van der Waals surface area (Å²) in [5.41, 5.74) is 1.08. The maximum absolute atomic E-state index is 12.5. The lowest BCUT2D eigenvalue weighted by Gasteiger charge is -2.21. The fourth-order valence-electron chi connectivity index (χ4n) is 1.83. The van der Waals surface area contributed by atoms with E-state index in [4.69, 9.17) is 11.6 Å². The lowest BCUT2D eigenvalue weighted by atomic mass is 10.3. The zero-order valence-corrected chi connectivity index (χ0v) is 12.6. The Labute approximate surface area is 114 Å². The van der Waals surface area contributed by atoms with Crippen LogP contribution in [0.1, 0.15) is 31.2 Å². The van der Waals surface area contributed by atoms with Gasteiger partial charge in [0.1, 0.15) is 4.90 Å². The van der Waals surface area contributed by atoms with E-state index in [-0.39, 0.29) is 4.90 Å². The van der Waals surface area contributed by atoms with Gasteiger partial charge in [0.15, 0.2) is 0 Å². The van der Waals surface area contributed by atoms with E-state index in [0.29, 0.717) is 30.4 Å². The predicted octanol–water partition coefficient (Wildman–Crippen LogP) is 2.06. The molecule has 0 spiro atoms. The largest absolute Gasteiger partial charge is 0.281 e. The molecule has 104 valence electrons. The van der Waals surface area contributed by atoms with Crippen LogP contribution in [0.2, 0.25) is 0 Å². The van der Waals surface area contributed by atoms with Crippen LogP contribution >= 0.6 is 11.6 Å². The van der Waals surface area contributed by atoms with E-state index < -0.39 is 10.0 Å². The third-order valence-corrected chi connectivity index (χ3v) is 5.08. The number of nitrogens with zero attached hydrogens (tertiary/aromatic N) is 2. The van der Waals surface area contributed by atoms with Gasteiger partial charge < -0.3 is 0 Å². The molecular weight excluding hydrogens is 274 g/mol. The Hall–Kier alpha value is -0.590. The van der Waals surface area contributed by atoms with Crippen LogP contribution in [-0.2, 0) is 10.0 Å². The summed E-state index contributed by atoms with van der Waals surface area (Å²) in [6.07, 6.45) is 1.77. The Balaban J connectivity index is 3.09. The van der Waals surface area contributed by atoms with Crippen molar-refractivity contribution in [3.05, 3.63) is 11.4 Å². The molecule has 0 atom stereocenters. The van der Waals surface area contributed by atoms with Crippen LogP contribution < -0.4 is 0 Å². The van der Waals surface area contributed by atoms with Gasteiger partial charge in [-0.15, -0.1) is 11.6 Å². The number of hydrogen-bond acceptors (Lipinski definition) is 3. The molecule has 0 saturated heterocycles. The summed E-state index contributed by atoms with van der Waals surface area (Å²) in [6, 6.07) is 0. The fraction of sp³-hybridized carbons (Fsp3) is 0.727. The second-order valence-corrected chi connectivity index (χ2v) is 6.46. The van der Waals surface area contributed by atoms with Crippen molar-refractivity contribution in [2.45, 2.75) is 38.5 Å². The van der Waals surface area contributed by atoms with E-state index in [1.165, 1.54) is 4.31 Å². The third kappa shape index (κ3) is 3.24. The van der Waals surface area contributed by atoms with Gasteiger partial charge in [-0.05, 0) is 20.3 Å². The standard InChI is InChI=1S/C11H20ClN3O2S/c1-4-5-7-15(8-6-12)18(16,17)11-9(2)13-14-10(11)3/h4-8H2,1-3H3,(H,13,14). The van der Waals surface area contributed by atoms with E-state index in [1.54, 1.807) is 13.8 Å². The molecular formula is C11H20ClN3O2S. The Kier molecular flexibility index (Phi) is 5.62. The van der Waals surface area contributed by atoms with Crippen molar-refractivity contribution in [2.24, 2.45) is 0 Å². The molecule has 0 aliphatic rings. The summed E-state index contributed by atoms with van der Waals surface area (Å²) >= 11 is 5.69. The number of aryl methyl sites for hydroxylation is 2. The normalized spacial score (nSPS) is 12.3. The van der Waals surface area contributed by atoms with Gasteiger partial charge in [0, 0.05) is 19.0 Å². The molecule has 1 aromatic rings.